The molecule has 4 heteroatoms. The van der Waals surface area contributed by atoms with E-state index in [4.69, 9.17) is 4.74 Å². The molecule has 0 unspecified atom stereocenters. The van der Waals surface area contributed by atoms with E-state index in [2.05, 4.69) is 6.58 Å². The lowest BCUT2D eigenvalue weighted by Crippen LogP contribution is -2.10. The molecule has 0 aromatic heterocycles. The van der Waals surface area contributed by atoms with Gasteiger partial charge in [-0.05, 0) is 36.8 Å². The summed E-state index contributed by atoms with van der Waals surface area (Å²) in [5.74, 6) is -0.400. The van der Waals surface area contributed by atoms with Gasteiger partial charge in [-0.2, -0.15) is 0 Å². The molecule has 0 saturated carbocycles. The molecular formula is C15H19NO3. The molecule has 0 aliphatic rings. The van der Waals surface area contributed by atoms with Crippen LogP contribution in [0.3, 0.4) is 0 Å². The molecule has 4 nitrogen and oxygen atoms in total. The molecule has 0 saturated heterocycles. The van der Waals surface area contributed by atoms with Gasteiger partial charge in [0.05, 0.1) is 12.2 Å². The summed E-state index contributed by atoms with van der Waals surface area (Å²) < 4.78 is 5.08. The summed E-state index contributed by atoms with van der Waals surface area (Å²) in [4.78, 5) is 24.6. The number of carbonyl (C=O) groups is 2. The second kappa shape index (κ2) is 7.36. The highest BCUT2D eigenvalue weighted by Crippen LogP contribution is 2.13. The van der Waals surface area contributed by atoms with Crippen LogP contribution in [0.4, 0.5) is 5.69 Å². The number of rotatable bonds is 7. The molecule has 1 aromatic rings. The van der Waals surface area contributed by atoms with Crippen LogP contribution in [0.15, 0.2) is 36.9 Å². The number of hydrogen-bond donors (Lipinski definition) is 0. The fourth-order valence-electron chi connectivity index (χ4n) is 1.49. The van der Waals surface area contributed by atoms with Crippen LogP contribution in [-0.4, -0.2) is 32.5 Å². The van der Waals surface area contributed by atoms with Gasteiger partial charge in [0, 0.05) is 26.2 Å². The smallest absolute Gasteiger partial charge is 0.338 e. The molecule has 102 valence electrons. The Morgan fingerprint density at radius 3 is 2.42 bits per heavy atom. The lowest BCUT2D eigenvalue weighted by molar-refractivity contribution is -0.114. The Morgan fingerprint density at radius 2 is 1.89 bits per heavy atom. The number of nitrogens with zero attached hydrogens (tertiary/aromatic N) is 1. The van der Waals surface area contributed by atoms with Crippen LogP contribution >= 0.6 is 0 Å². The fourth-order valence-corrected chi connectivity index (χ4v) is 1.49. The highest BCUT2D eigenvalue weighted by atomic mass is 16.5. The van der Waals surface area contributed by atoms with Gasteiger partial charge in [-0.3, -0.25) is 4.79 Å². The minimum atomic E-state index is -0.364. The average molecular weight is 261 g/mol. The predicted molar refractivity (Wildman–Crippen MR) is 75.5 cm³/mol. The van der Waals surface area contributed by atoms with Crippen molar-refractivity contribution in [1.29, 1.82) is 0 Å². The first-order valence-electron chi connectivity index (χ1n) is 6.14. The van der Waals surface area contributed by atoms with Crippen LogP contribution in [-0.2, 0) is 9.53 Å². The average Bonchev–Trinajstić information content (AvgIpc) is 2.43. The van der Waals surface area contributed by atoms with Crippen molar-refractivity contribution in [3.8, 4) is 0 Å². The van der Waals surface area contributed by atoms with E-state index >= 15 is 0 Å². The van der Waals surface area contributed by atoms with Gasteiger partial charge in [-0.1, -0.05) is 6.58 Å². The van der Waals surface area contributed by atoms with Crippen LogP contribution in [0, 0.1) is 0 Å². The lowest BCUT2D eigenvalue weighted by atomic mass is 10.2. The number of allylic oxidation sites excluding steroid dienone is 1. The molecule has 0 aliphatic carbocycles. The number of carbonyl (C=O) groups excluding carboxylic acids is 2. The molecule has 0 atom stereocenters. The Hall–Kier alpha value is -2.10. The van der Waals surface area contributed by atoms with Crippen molar-refractivity contribution in [1.82, 2.24) is 0 Å². The highest BCUT2D eigenvalue weighted by molar-refractivity contribution is 5.90. The van der Waals surface area contributed by atoms with Gasteiger partial charge in [-0.25, -0.2) is 4.79 Å². The maximum atomic E-state index is 11.7. The summed E-state index contributed by atoms with van der Waals surface area (Å²) in [7, 11) is 3.87. The molecule has 0 fully saturated rings. The zero-order valence-electron chi connectivity index (χ0n) is 11.4. The van der Waals surface area contributed by atoms with Crippen molar-refractivity contribution in [3.05, 3.63) is 42.5 Å². The van der Waals surface area contributed by atoms with Crippen LogP contribution in [0.1, 0.15) is 23.2 Å². The summed E-state index contributed by atoms with van der Waals surface area (Å²) in [6, 6.07) is 7.18. The van der Waals surface area contributed by atoms with Gasteiger partial charge in [0.2, 0.25) is 0 Å². The second-order valence-electron chi connectivity index (χ2n) is 4.35. The number of ether oxygens (including phenoxy) is 1. The van der Waals surface area contributed by atoms with Crippen molar-refractivity contribution >= 4 is 17.4 Å². The second-order valence-corrected chi connectivity index (χ2v) is 4.35. The van der Waals surface area contributed by atoms with E-state index in [1.807, 2.05) is 31.1 Å². The largest absolute Gasteiger partial charge is 0.462 e. The summed E-state index contributed by atoms with van der Waals surface area (Å²) in [5, 5.41) is 0. The molecule has 0 spiro atoms. The van der Waals surface area contributed by atoms with Crippen molar-refractivity contribution in [2.75, 3.05) is 25.6 Å². The molecule has 1 aromatic carbocycles. The summed E-state index contributed by atoms with van der Waals surface area (Å²) in [6.07, 6.45) is 2.16. The summed E-state index contributed by atoms with van der Waals surface area (Å²) in [5.41, 5.74) is 1.54. The van der Waals surface area contributed by atoms with Gasteiger partial charge in [0.25, 0.3) is 0 Å². The number of hydrogen-bond acceptors (Lipinski definition) is 4. The van der Waals surface area contributed by atoms with E-state index in [1.54, 1.807) is 12.1 Å². The van der Waals surface area contributed by atoms with E-state index in [9.17, 15) is 9.59 Å². The number of esters is 1. The quantitative estimate of drug-likeness (QED) is 0.429. The Kier molecular flexibility index (Phi) is 5.79. The van der Waals surface area contributed by atoms with Crippen LogP contribution < -0.4 is 4.90 Å². The first-order valence-corrected chi connectivity index (χ1v) is 6.14. The summed E-state index contributed by atoms with van der Waals surface area (Å²) >= 11 is 0. The van der Waals surface area contributed by atoms with E-state index in [-0.39, 0.29) is 18.4 Å². The van der Waals surface area contributed by atoms with Crippen molar-refractivity contribution in [2.45, 2.75) is 12.8 Å². The fraction of sp³-hybridized carbons (Fsp3) is 0.333. The number of anilines is 1. The highest BCUT2D eigenvalue weighted by Gasteiger charge is 2.07. The molecule has 1 rings (SSSR count). The molecule has 0 bridgehead atoms. The molecule has 0 N–H and O–H groups in total. The molecule has 0 aliphatic heterocycles. The van der Waals surface area contributed by atoms with Crippen LogP contribution in [0.5, 0.6) is 0 Å². The Morgan fingerprint density at radius 1 is 1.26 bits per heavy atom. The lowest BCUT2D eigenvalue weighted by Gasteiger charge is -2.12. The maximum absolute atomic E-state index is 11.7. The zero-order valence-corrected chi connectivity index (χ0v) is 11.4. The van der Waals surface area contributed by atoms with Gasteiger partial charge >= 0.3 is 5.97 Å². The SMILES string of the molecule is C=CC(=O)CCCOC(=O)c1ccc(N(C)C)cc1. The standard InChI is InChI=1S/C15H19NO3/c1-4-14(17)6-5-11-19-15(18)12-7-9-13(10-8-12)16(2)3/h4,7-10H,1,5-6,11H2,2-3H3. The molecule has 0 radical (unpaired) electrons. The van der Waals surface area contributed by atoms with Gasteiger partial charge in [0.1, 0.15) is 0 Å². The monoisotopic (exact) mass is 261 g/mol. The Bertz CT molecular complexity index is 449. The van der Waals surface area contributed by atoms with Crippen molar-refractivity contribution in [2.24, 2.45) is 0 Å². The van der Waals surface area contributed by atoms with E-state index in [0.29, 0.717) is 18.4 Å². The first-order chi connectivity index (χ1) is 9.04. The van der Waals surface area contributed by atoms with E-state index < -0.39 is 0 Å². The molecule has 19 heavy (non-hydrogen) atoms. The van der Waals surface area contributed by atoms with Gasteiger partial charge < -0.3 is 9.64 Å². The Labute approximate surface area is 113 Å². The van der Waals surface area contributed by atoms with Gasteiger partial charge in [-0.15, -0.1) is 0 Å². The molecular weight excluding hydrogens is 242 g/mol. The minimum Gasteiger partial charge on any atom is -0.462 e. The third kappa shape index (κ3) is 4.95. The van der Waals surface area contributed by atoms with Crippen LogP contribution in [0.25, 0.3) is 0 Å². The van der Waals surface area contributed by atoms with Crippen molar-refractivity contribution < 1.29 is 14.3 Å². The van der Waals surface area contributed by atoms with Crippen molar-refractivity contribution in [3.63, 3.8) is 0 Å². The normalized spacial score (nSPS) is 9.79. The van der Waals surface area contributed by atoms with E-state index in [0.717, 1.165) is 5.69 Å². The zero-order chi connectivity index (χ0) is 14.3. The van der Waals surface area contributed by atoms with Gasteiger partial charge in [0.15, 0.2) is 5.78 Å². The molecule has 0 amide bonds. The third-order valence-corrected chi connectivity index (χ3v) is 2.65. The third-order valence-electron chi connectivity index (χ3n) is 2.65. The minimum absolute atomic E-state index is 0.0358. The molecule has 0 heterocycles. The van der Waals surface area contributed by atoms with Crippen LogP contribution in [0.2, 0.25) is 0 Å². The topological polar surface area (TPSA) is 46.6 Å². The predicted octanol–water partition coefficient (Wildman–Crippen LogP) is 2.44. The number of ketones is 1. The number of benzene rings is 1. The summed E-state index contributed by atoms with van der Waals surface area (Å²) in [6.45, 7) is 3.63. The van der Waals surface area contributed by atoms with E-state index in [1.165, 1.54) is 6.08 Å². The Balaban J connectivity index is 2.41. The first kappa shape index (κ1) is 15.0. The maximum Gasteiger partial charge on any atom is 0.338 e.